The van der Waals surface area contributed by atoms with Gasteiger partial charge in [-0.15, -0.1) is 0 Å². The van der Waals surface area contributed by atoms with Crippen LogP contribution in [0.15, 0.2) is 28.7 Å². The normalized spacial score (nSPS) is 13.4. The van der Waals surface area contributed by atoms with Gasteiger partial charge in [-0.3, -0.25) is 0 Å². The molecule has 0 amide bonds. The van der Waals surface area contributed by atoms with Gasteiger partial charge in [0.25, 0.3) is 6.43 Å². The molecule has 0 heterocycles. The predicted octanol–water partition coefficient (Wildman–Crippen LogP) is 3.07. The van der Waals surface area contributed by atoms with Crippen LogP contribution in [0, 0.1) is 0 Å². The first-order valence-electron chi connectivity index (χ1n) is 5.39. The molecule has 0 saturated carbocycles. The molecule has 17 heavy (non-hydrogen) atoms. The first kappa shape index (κ1) is 14.5. The Bertz CT molecular complexity index is 332. The molecule has 0 saturated heterocycles. The van der Waals surface area contributed by atoms with Crippen molar-refractivity contribution in [3.8, 4) is 0 Å². The molecule has 1 N–H and O–H groups in total. The van der Waals surface area contributed by atoms with Crippen molar-refractivity contribution in [3.05, 3.63) is 34.3 Å². The maximum absolute atomic E-state index is 12.1. The molecular weight excluding hydrogens is 292 g/mol. The van der Waals surface area contributed by atoms with Gasteiger partial charge in [-0.05, 0) is 31.2 Å². The first-order chi connectivity index (χ1) is 7.99. The Kier molecular flexibility index (Phi) is 6.02. The third-order valence-corrected chi connectivity index (χ3v) is 3.02. The van der Waals surface area contributed by atoms with E-state index in [1.54, 1.807) is 7.05 Å². The highest BCUT2D eigenvalue weighted by Gasteiger charge is 2.11. The summed E-state index contributed by atoms with van der Waals surface area (Å²) in [5, 5.41) is 9.86. The standard InChI is InChI=1S/C12H16BrF2NO/c1-16(8-12(14)15)7-6-11(17)9-2-4-10(13)5-3-9/h2-5,11-12,17H,6-8H2,1H3. The Balaban J connectivity index is 2.39. The monoisotopic (exact) mass is 307 g/mol. The number of nitrogens with zero attached hydrogens (tertiary/aromatic N) is 1. The lowest BCUT2D eigenvalue weighted by Crippen LogP contribution is -2.26. The van der Waals surface area contributed by atoms with Crippen molar-refractivity contribution in [1.82, 2.24) is 4.90 Å². The molecule has 0 aliphatic carbocycles. The Hall–Kier alpha value is -0.520. The Morgan fingerprint density at radius 2 is 1.88 bits per heavy atom. The van der Waals surface area contributed by atoms with E-state index in [0.717, 1.165) is 10.0 Å². The third-order valence-electron chi connectivity index (χ3n) is 2.49. The summed E-state index contributed by atoms with van der Waals surface area (Å²) in [6.07, 6.45) is -2.49. The first-order valence-corrected chi connectivity index (χ1v) is 6.18. The lowest BCUT2D eigenvalue weighted by Gasteiger charge is -2.18. The van der Waals surface area contributed by atoms with E-state index < -0.39 is 12.5 Å². The van der Waals surface area contributed by atoms with Crippen molar-refractivity contribution in [2.24, 2.45) is 0 Å². The third kappa shape index (κ3) is 5.57. The Morgan fingerprint density at radius 3 is 2.41 bits per heavy atom. The van der Waals surface area contributed by atoms with Crippen LogP contribution >= 0.6 is 15.9 Å². The lowest BCUT2D eigenvalue weighted by atomic mass is 10.1. The largest absolute Gasteiger partial charge is 0.388 e. The van der Waals surface area contributed by atoms with Crippen LogP contribution in [0.25, 0.3) is 0 Å². The molecule has 0 spiro atoms. The topological polar surface area (TPSA) is 23.5 Å². The van der Waals surface area contributed by atoms with Crippen molar-refractivity contribution in [2.45, 2.75) is 19.0 Å². The molecule has 0 fully saturated rings. The maximum Gasteiger partial charge on any atom is 0.251 e. The van der Waals surface area contributed by atoms with Crippen LogP contribution in [-0.2, 0) is 0 Å². The van der Waals surface area contributed by atoms with Gasteiger partial charge in [0.1, 0.15) is 0 Å². The number of hydrogen-bond donors (Lipinski definition) is 1. The molecular formula is C12H16BrF2NO. The lowest BCUT2D eigenvalue weighted by molar-refractivity contribution is 0.0874. The van der Waals surface area contributed by atoms with Crippen LogP contribution in [0.3, 0.4) is 0 Å². The molecule has 0 radical (unpaired) electrons. The average molecular weight is 308 g/mol. The second-order valence-corrected chi connectivity index (χ2v) is 4.93. The number of alkyl halides is 2. The summed E-state index contributed by atoms with van der Waals surface area (Å²) >= 11 is 3.31. The molecule has 0 bridgehead atoms. The van der Waals surface area contributed by atoms with Gasteiger partial charge in [-0.1, -0.05) is 28.1 Å². The molecule has 96 valence electrons. The summed E-state index contributed by atoms with van der Waals surface area (Å²) in [7, 11) is 1.63. The van der Waals surface area contributed by atoms with Crippen molar-refractivity contribution in [3.63, 3.8) is 0 Å². The predicted molar refractivity (Wildman–Crippen MR) is 67.2 cm³/mol. The number of hydrogen-bond acceptors (Lipinski definition) is 2. The molecule has 1 atom stereocenters. The van der Waals surface area contributed by atoms with Gasteiger partial charge < -0.3 is 10.0 Å². The van der Waals surface area contributed by atoms with Crippen LogP contribution in [0.4, 0.5) is 8.78 Å². The van der Waals surface area contributed by atoms with E-state index in [4.69, 9.17) is 0 Å². The number of aliphatic hydroxyl groups excluding tert-OH is 1. The highest BCUT2D eigenvalue weighted by atomic mass is 79.9. The summed E-state index contributed by atoms with van der Waals surface area (Å²) in [5.74, 6) is 0. The van der Waals surface area contributed by atoms with Gasteiger partial charge in [0.15, 0.2) is 0 Å². The average Bonchev–Trinajstić information content (AvgIpc) is 2.26. The fraction of sp³-hybridized carbons (Fsp3) is 0.500. The van der Waals surface area contributed by atoms with Gasteiger partial charge in [-0.25, -0.2) is 8.78 Å². The summed E-state index contributed by atoms with van der Waals surface area (Å²) in [4.78, 5) is 1.52. The van der Waals surface area contributed by atoms with Crippen molar-refractivity contribution in [2.75, 3.05) is 20.1 Å². The van der Waals surface area contributed by atoms with Gasteiger partial charge in [0.2, 0.25) is 0 Å². The summed E-state index contributed by atoms with van der Waals surface area (Å²) < 4.78 is 25.1. The minimum Gasteiger partial charge on any atom is -0.388 e. The molecule has 1 rings (SSSR count). The zero-order chi connectivity index (χ0) is 12.8. The summed E-state index contributed by atoms with van der Waals surface area (Å²) in [6, 6.07) is 7.34. The van der Waals surface area contributed by atoms with E-state index in [-0.39, 0.29) is 6.54 Å². The second kappa shape index (κ2) is 7.03. The highest BCUT2D eigenvalue weighted by Crippen LogP contribution is 2.19. The zero-order valence-corrected chi connectivity index (χ0v) is 11.2. The molecule has 0 aliphatic rings. The molecule has 1 unspecified atom stereocenters. The van der Waals surface area contributed by atoms with Crippen LogP contribution in [0.2, 0.25) is 0 Å². The van der Waals surface area contributed by atoms with Crippen molar-refractivity contribution < 1.29 is 13.9 Å². The Labute approximate surface area is 108 Å². The summed E-state index contributed by atoms with van der Waals surface area (Å²) in [6.45, 7) is 0.189. The van der Waals surface area contributed by atoms with Crippen LogP contribution in [0.5, 0.6) is 0 Å². The van der Waals surface area contributed by atoms with Crippen molar-refractivity contribution in [1.29, 1.82) is 0 Å². The molecule has 5 heteroatoms. The minimum atomic E-state index is -2.33. The quantitative estimate of drug-likeness (QED) is 0.873. The van der Waals surface area contributed by atoms with E-state index in [2.05, 4.69) is 15.9 Å². The number of rotatable bonds is 6. The Morgan fingerprint density at radius 1 is 1.29 bits per heavy atom. The maximum atomic E-state index is 12.1. The van der Waals surface area contributed by atoms with Crippen molar-refractivity contribution >= 4 is 15.9 Å². The number of benzene rings is 1. The van der Waals surface area contributed by atoms with Gasteiger partial charge in [-0.2, -0.15) is 0 Å². The fourth-order valence-electron chi connectivity index (χ4n) is 1.52. The highest BCUT2D eigenvalue weighted by molar-refractivity contribution is 9.10. The van der Waals surface area contributed by atoms with Gasteiger partial charge in [0, 0.05) is 11.0 Å². The van der Waals surface area contributed by atoms with E-state index in [9.17, 15) is 13.9 Å². The molecule has 0 aromatic heterocycles. The second-order valence-electron chi connectivity index (χ2n) is 4.01. The number of halogens is 3. The minimum absolute atomic E-state index is 0.257. The van der Waals surface area contributed by atoms with E-state index >= 15 is 0 Å². The molecule has 1 aromatic rings. The van der Waals surface area contributed by atoms with E-state index in [1.165, 1.54) is 4.90 Å². The molecule has 0 aliphatic heterocycles. The summed E-state index contributed by atoms with van der Waals surface area (Å²) in [5.41, 5.74) is 0.804. The SMILES string of the molecule is CN(CCC(O)c1ccc(Br)cc1)CC(F)F. The zero-order valence-electron chi connectivity index (χ0n) is 9.61. The van der Waals surface area contributed by atoms with Gasteiger partial charge in [0.05, 0.1) is 12.6 Å². The van der Waals surface area contributed by atoms with Crippen LogP contribution in [0.1, 0.15) is 18.1 Å². The number of aliphatic hydroxyl groups is 1. The smallest absolute Gasteiger partial charge is 0.251 e. The molecule has 2 nitrogen and oxygen atoms in total. The molecule has 1 aromatic carbocycles. The van der Waals surface area contributed by atoms with Crippen LogP contribution in [-0.4, -0.2) is 36.6 Å². The fourth-order valence-corrected chi connectivity index (χ4v) is 1.79. The van der Waals surface area contributed by atoms with Crippen LogP contribution < -0.4 is 0 Å². The van der Waals surface area contributed by atoms with E-state index in [0.29, 0.717) is 13.0 Å². The van der Waals surface area contributed by atoms with Gasteiger partial charge >= 0.3 is 0 Å². The van der Waals surface area contributed by atoms with E-state index in [1.807, 2.05) is 24.3 Å².